The number of nitrogens with one attached hydrogen (secondary N) is 6. The van der Waals surface area contributed by atoms with Gasteiger partial charge in [0.25, 0.3) is 5.91 Å². The zero-order chi connectivity index (χ0) is 60.5. The van der Waals surface area contributed by atoms with Gasteiger partial charge in [-0.05, 0) is 153 Å². The molecule has 82 heavy (non-hydrogen) atoms. The summed E-state index contributed by atoms with van der Waals surface area (Å²) >= 11 is 0. The van der Waals surface area contributed by atoms with Gasteiger partial charge in [-0.15, -0.1) is 0 Å². The maximum Gasteiger partial charge on any atom is 0.407 e. The molecule has 1 aliphatic rings. The van der Waals surface area contributed by atoms with Crippen LogP contribution in [-0.2, 0) is 46.2 Å². The molecule has 1 heterocycles. The molecule has 0 fully saturated rings. The molecule has 4 bridgehead atoms. The number of fused-ring (bicyclic) bond motifs is 5. The number of carbonyl (C=O) groups is 8. The van der Waals surface area contributed by atoms with Gasteiger partial charge in [0, 0.05) is 29.8 Å². The van der Waals surface area contributed by atoms with E-state index in [1.54, 1.807) is 117 Å². The van der Waals surface area contributed by atoms with E-state index in [9.17, 15) is 38.7 Å². The third-order valence-electron chi connectivity index (χ3n) is 12.4. The Kier molecular flexibility index (Phi) is 22.7. The molecule has 0 unspecified atom stereocenters. The van der Waals surface area contributed by atoms with E-state index in [4.69, 9.17) is 23.7 Å². The summed E-state index contributed by atoms with van der Waals surface area (Å²) in [7, 11) is 1.33. The van der Waals surface area contributed by atoms with E-state index in [2.05, 4.69) is 51.0 Å². The maximum absolute atomic E-state index is 15.2. The van der Waals surface area contributed by atoms with Crippen LogP contribution in [-0.4, -0.2) is 133 Å². The van der Waals surface area contributed by atoms with E-state index in [0.29, 0.717) is 16.7 Å². The first-order valence-corrected chi connectivity index (χ1v) is 27.5. The number of benzene rings is 4. The quantitative estimate of drug-likeness (QED) is 0.0326. The minimum absolute atomic E-state index is 0.00583. The van der Waals surface area contributed by atoms with Crippen LogP contribution in [0.3, 0.4) is 0 Å². The number of aryl methyl sites for hydroxylation is 1. The van der Waals surface area contributed by atoms with Gasteiger partial charge >= 0.3 is 24.2 Å². The summed E-state index contributed by atoms with van der Waals surface area (Å²) in [6.07, 6.45) is 0.420. The molecule has 0 saturated heterocycles. The van der Waals surface area contributed by atoms with Crippen molar-refractivity contribution in [3.05, 3.63) is 107 Å². The van der Waals surface area contributed by atoms with E-state index >= 15 is 4.79 Å². The monoisotopic (exact) mass is 1140 g/mol. The second-order valence-corrected chi connectivity index (χ2v) is 23.0. The van der Waals surface area contributed by atoms with Gasteiger partial charge in [0.05, 0.1) is 26.1 Å². The summed E-state index contributed by atoms with van der Waals surface area (Å²) in [4.78, 5) is 110. The molecule has 0 spiro atoms. The van der Waals surface area contributed by atoms with Crippen molar-refractivity contribution < 1.29 is 67.1 Å². The smallest absolute Gasteiger partial charge is 0.407 e. The lowest BCUT2D eigenvalue weighted by atomic mass is 9.93. The van der Waals surface area contributed by atoms with Crippen LogP contribution >= 0.6 is 0 Å². The number of nitrogens with zero attached hydrogens (tertiary/aromatic N) is 1. The first kappa shape index (κ1) is 64.5. The number of alkyl carbamates (subject to hydrolysis) is 3. The topological polar surface area (TPSA) is 278 Å². The van der Waals surface area contributed by atoms with E-state index in [1.165, 1.54) is 25.6 Å². The van der Waals surface area contributed by atoms with Gasteiger partial charge in [-0.1, -0.05) is 61.9 Å². The molecule has 0 aliphatic carbocycles. The fourth-order valence-electron chi connectivity index (χ4n) is 8.63. The van der Waals surface area contributed by atoms with E-state index in [0.717, 1.165) is 35.3 Å². The highest BCUT2D eigenvalue weighted by atomic mass is 16.6. The lowest BCUT2D eigenvalue weighted by Crippen LogP contribution is -2.56. The predicted molar refractivity (Wildman–Crippen MR) is 308 cm³/mol. The second-order valence-electron chi connectivity index (χ2n) is 23.0. The SMILES string of the molecule is CCCCc1ccc(-c2ccc(C(=O)N[C@@H](CNC(=O)OC(C)(C)C)C(=O)N(C)[C@@H]3C(=O)N[C@@H](C)C(=O)N[C@H](CC(=O)O)Cc4ccc(OCCNC(=O)OC(C)(C)C)c(c4)-c4cc3ccc4OCCNC(=O)OC(C)(C)C)cc2)cc1. The van der Waals surface area contributed by atoms with Crippen LogP contribution < -0.4 is 41.4 Å². The zero-order valence-electron chi connectivity index (χ0n) is 49.2. The fourth-order valence-corrected chi connectivity index (χ4v) is 8.63. The van der Waals surface area contributed by atoms with Gasteiger partial charge in [-0.2, -0.15) is 0 Å². The molecule has 4 aromatic rings. The first-order chi connectivity index (χ1) is 38.5. The summed E-state index contributed by atoms with van der Waals surface area (Å²) in [6.45, 7) is 18.3. The van der Waals surface area contributed by atoms with E-state index < -0.39 is 102 Å². The maximum atomic E-state index is 15.2. The summed E-state index contributed by atoms with van der Waals surface area (Å²) in [6, 6.07) is 19.4. The van der Waals surface area contributed by atoms with Crippen molar-refractivity contribution in [3.63, 3.8) is 0 Å². The number of carboxylic acid groups (broad SMARTS) is 1. The third-order valence-corrected chi connectivity index (χ3v) is 12.4. The number of carbonyl (C=O) groups excluding carboxylic acids is 7. The highest BCUT2D eigenvalue weighted by molar-refractivity contribution is 5.99. The number of aliphatic carboxylic acids is 1. The number of ether oxygens (including phenoxy) is 5. The third kappa shape index (κ3) is 20.6. The highest BCUT2D eigenvalue weighted by Gasteiger charge is 2.37. The predicted octanol–water partition coefficient (Wildman–Crippen LogP) is 8.01. The lowest BCUT2D eigenvalue weighted by molar-refractivity contribution is -0.141. The summed E-state index contributed by atoms with van der Waals surface area (Å²) in [5.41, 5.74) is 2.15. The Morgan fingerprint density at radius 2 is 1.18 bits per heavy atom. The molecule has 0 radical (unpaired) electrons. The first-order valence-electron chi connectivity index (χ1n) is 27.5. The van der Waals surface area contributed by atoms with Crippen molar-refractivity contribution in [2.24, 2.45) is 0 Å². The molecule has 21 heteroatoms. The molecule has 21 nitrogen and oxygen atoms in total. The van der Waals surface area contributed by atoms with Crippen LogP contribution in [0.5, 0.6) is 11.5 Å². The van der Waals surface area contributed by atoms with Crippen LogP contribution in [0, 0.1) is 0 Å². The molecule has 5 rings (SSSR count). The molecule has 1 aliphatic heterocycles. The summed E-state index contributed by atoms with van der Waals surface area (Å²) in [5, 5.41) is 26.1. The fraction of sp³-hybridized carbons (Fsp3) is 0.475. The van der Waals surface area contributed by atoms with Crippen molar-refractivity contribution in [1.82, 2.24) is 36.8 Å². The average Bonchev–Trinajstić information content (AvgIpc) is 3.38. The van der Waals surface area contributed by atoms with Gasteiger partial charge in [-0.3, -0.25) is 24.0 Å². The van der Waals surface area contributed by atoms with Crippen molar-refractivity contribution in [1.29, 1.82) is 0 Å². The minimum Gasteiger partial charge on any atom is -0.491 e. The average molecular weight is 1140 g/mol. The standard InChI is InChI=1S/C61H81N7O14/c1-13-14-15-38-16-19-40(20-17-38)41-21-23-42(24-22-41)53(72)67-47(36-64-58(77)82-61(9,10)11)55(74)68(12)51-43-25-27-49(79-31-29-63-57(76)81-60(6,7)8)46(34-43)45-33-39(18-26-48(45)78-30-28-62-56(75)80-59(3,4)5)32-44(35-50(69)70)66-52(71)37(2)65-54(51)73/h16-27,33-34,37,44,47,51H,13-15,28-32,35-36H2,1-12H3,(H,62,75)(H,63,76)(H,64,77)(H,65,73)(H,66,71)(H,67,72)(H,69,70)/t37-,44-,47-,51-/m0/s1. The van der Waals surface area contributed by atoms with Gasteiger partial charge in [0.1, 0.15) is 59.6 Å². The summed E-state index contributed by atoms with van der Waals surface area (Å²) in [5.74, 6) is -3.82. The molecule has 4 aromatic carbocycles. The molecule has 7 N–H and O–H groups in total. The van der Waals surface area contributed by atoms with Crippen molar-refractivity contribution in [2.45, 2.75) is 149 Å². The Bertz CT molecular complexity index is 2890. The van der Waals surface area contributed by atoms with E-state index in [-0.39, 0.29) is 55.4 Å². The van der Waals surface area contributed by atoms with Crippen LogP contribution in [0.4, 0.5) is 14.4 Å². The van der Waals surface area contributed by atoms with Crippen LogP contribution in [0.2, 0.25) is 0 Å². The van der Waals surface area contributed by atoms with Gasteiger partial charge in [0.2, 0.25) is 17.7 Å². The molecule has 444 valence electrons. The zero-order valence-corrected chi connectivity index (χ0v) is 49.2. The highest BCUT2D eigenvalue weighted by Crippen LogP contribution is 2.40. The molecule has 0 aromatic heterocycles. The summed E-state index contributed by atoms with van der Waals surface area (Å²) < 4.78 is 28.9. The molecule has 0 saturated carbocycles. The van der Waals surface area contributed by atoms with Gasteiger partial charge in [0.15, 0.2) is 0 Å². The molecular weight excluding hydrogens is 1050 g/mol. The number of hydrogen-bond acceptors (Lipinski definition) is 13. The number of likely N-dealkylation sites (N-methyl/N-ethyl adjacent to an activating group) is 1. The van der Waals surface area contributed by atoms with Crippen molar-refractivity contribution >= 4 is 47.9 Å². The lowest BCUT2D eigenvalue weighted by Gasteiger charge is -2.33. The minimum atomic E-state index is -1.58. The Labute approximate surface area is 480 Å². The largest absolute Gasteiger partial charge is 0.491 e. The van der Waals surface area contributed by atoms with Crippen LogP contribution in [0.25, 0.3) is 22.3 Å². The van der Waals surface area contributed by atoms with Gasteiger partial charge < -0.3 is 65.6 Å². The number of amides is 7. The second kappa shape index (κ2) is 28.9. The van der Waals surface area contributed by atoms with Gasteiger partial charge in [-0.25, -0.2) is 14.4 Å². The number of rotatable bonds is 20. The van der Waals surface area contributed by atoms with E-state index in [1.807, 2.05) is 12.1 Å². The van der Waals surface area contributed by atoms with Crippen molar-refractivity contribution in [2.75, 3.05) is 39.9 Å². The molecule has 7 amide bonds. The Morgan fingerprint density at radius 3 is 1.71 bits per heavy atom. The molecular formula is C61H81N7O14. The molecule has 4 atom stereocenters. The number of hydrogen-bond donors (Lipinski definition) is 7. The van der Waals surface area contributed by atoms with Crippen molar-refractivity contribution in [3.8, 4) is 33.8 Å². The Hall–Kier alpha value is -8.36. The Morgan fingerprint density at radius 1 is 0.671 bits per heavy atom. The number of carboxylic acids is 1. The van der Waals surface area contributed by atoms with Crippen LogP contribution in [0.1, 0.15) is 129 Å². The van der Waals surface area contributed by atoms with Crippen LogP contribution in [0.15, 0.2) is 84.9 Å². The Balaban J connectivity index is 1.61. The normalized spacial score (nSPS) is 15.9. The number of unbranched alkanes of at least 4 members (excludes halogenated alkanes) is 1.